The number of nitrogens with zero attached hydrogens (tertiary/aromatic N) is 2. The Kier molecular flexibility index (Phi) is 8.50. The lowest BCUT2D eigenvalue weighted by Gasteiger charge is -2.44. The van der Waals surface area contributed by atoms with Gasteiger partial charge < -0.3 is 25.3 Å². The Morgan fingerprint density at radius 2 is 1.84 bits per heavy atom. The van der Waals surface area contributed by atoms with E-state index in [2.05, 4.69) is 24.1 Å². The van der Waals surface area contributed by atoms with Gasteiger partial charge in [-0.2, -0.15) is 0 Å². The number of hydrogen-bond donors (Lipinski definition) is 1. The van der Waals surface area contributed by atoms with E-state index in [1.165, 1.54) is 0 Å². The predicted octanol–water partition coefficient (Wildman–Crippen LogP) is 0.837. The fourth-order valence-electron chi connectivity index (χ4n) is 4.03. The van der Waals surface area contributed by atoms with Gasteiger partial charge in [-0.25, -0.2) is 4.79 Å². The third-order valence-corrected chi connectivity index (χ3v) is 7.31. The van der Waals surface area contributed by atoms with Gasteiger partial charge in [-0.3, -0.25) is 9.59 Å². The van der Waals surface area contributed by atoms with Crippen molar-refractivity contribution in [3.63, 3.8) is 0 Å². The van der Waals surface area contributed by atoms with Crippen molar-refractivity contribution < 1.29 is 24.6 Å². The van der Waals surface area contributed by atoms with Crippen LogP contribution in [0.15, 0.2) is 30.3 Å². The highest BCUT2D eigenvalue weighted by molar-refractivity contribution is 8.01. The first-order chi connectivity index (χ1) is 14.3. The van der Waals surface area contributed by atoms with E-state index >= 15 is 0 Å². The van der Waals surface area contributed by atoms with Gasteiger partial charge in [0.25, 0.3) is 0 Å². The third-order valence-electron chi connectivity index (χ3n) is 5.73. The van der Waals surface area contributed by atoms with E-state index in [4.69, 9.17) is 4.74 Å². The molecule has 2 aliphatic heterocycles. The van der Waals surface area contributed by atoms with Crippen molar-refractivity contribution in [1.29, 1.82) is 0 Å². The number of fused-ring (bicyclic) bond motifs is 1. The minimum Gasteiger partial charge on any atom is -0.463 e. The molecule has 0 radical (unpaired) electrons. The summed E-state index contributed by atoms with van der Waals surface area (Å²) in [6.45, 7) is 10.8. The summed E-state index contributed by atoms with van der Waals surface area (Å²) in [6, 6.07) is 8.18. The molecule has 2 heterocycles. The number of amides is 2. The second kappa shape index (κ2) is 10.5. The van der Waals surface area contributed by atoms with Gasteiger partial charge in [0.2, 0.25) is 11.8 Å². The number of likely N-dealkylation sites (N-methyl/N-ethyl adjacent to an activating group) is 1. The highest BCUT2D eigenvalue weighted by Crippen LogP contribution is 2.51. The van der Waals surface area contributed by atoms with Crippen molar-refractivity contribution in [1.82, 2.24) is 15.1 Å². The van der Waals surface area contributed by atoms with Crippen LogP contribution in [-0.2, 0) is 25.5 Å². The Balaban J connectivity index is 0.00000341. The van der Waals surface area contributed by atoms with Crippen molar-refractivity contribution >= 4 is 29.5 Å². The standard InChI is InChI=1S/C22H31N3O4S.H2O/c1-5-24(6-2)12-13-29-21(28)18-22(3,4)30-20-17(19(27)25(18)20)23-16(26)14-15-10-8-7-9-11-15;/h7-11,17-18,20H,5-6,12-14H2,1-4H3,(H,23,26);1H2/t17-,18+,20-;/m1./s1. The average Bonchev–Trinajstić information content (AvgIpc) is 2.98. The normalized spacial score (nSPS) is 23.6. The highest BCUT2D eigenvalue weighted by Gasteiger charge is 2.64. The third kappa shape index (κ3) is 5.39. The van der Waals surface area contributed by atoms with E-state index in [1.807, 2.05) is 44.2 Å². The summed E-state index contributed by atoms with van der Waals surface area (Å²) in [7, 11) is 0. The molecule has 0 bridgehead atoms. The lowest BCUT2D eigenvalue weighted by Crippen LogP contribution is -2.70. The molecule has 172 valence electrons. The van der Waals surface area contributed by atoms with Crippen molar-refractivity contribution in [2.45, 2.75) is 56.3 Å². The molecule has 8 nitrogen and oxygen atoms in total. The molecular formula is C22H33N3O5S. The smallest absolute Gasteiger partial charge is 0.330 e. The molecule has 31 heavy (non-hydrogen) atoms. The zero-order valence-electron chi connectivity index (χ0n) is 18.6. The van der Waals surface area contributed by atoms with E-state index in [1.54, 1.807) is 16.7 Å². The van der Waals surface area contributed by atoms with Gasteiger partial charge >= 0.3 is 5.97 Å². The Morgan fingerprint density at radius 3 is 2.45 bits per heavy atom. The summed E-state index contributed by atoms with van der Waals surface area (Å²) in [5.74, 6) is -0.780. The number of carbonyl (C=O) groups is 3. The van der Waals surface area contributed by atoms with Crippen LogP contribution in [0.4, 0.5) is 0 Å². The Labute approximate surface area is 188 Å². The van der Waals surface area contributed by atoms with Gasteiger partial charge in [-0.1, -0.05) is 44.2 Å². The molecule has 1 aromatic carbocycles. The lowest BCUT2D eigenvalue weighted by atomic mass is 9.96. The van der Waals surface area contributed by atoms with Crippen LogP contribution in [0.5, 0.6) is 0 Å². The maximum Gasteiger partial charge on any atom is 0.330 e. The van der Waals surface area contributed by atoms with Gasteiger partial charge in [0.1, 0.15) is 24.1 Å². The number of hydrogen-bond acceptors (Lipinski definition) is 6. The quantitative estimate of drug-likeness (QED) is 0.440. The number of ether oxygens (including phenoxy) is 1. The maximum absolute atomic E-state index is 12.8. The molecular weight excluding hydrogens is 418 g/mol. The summed E-state index contributed by atoms with van der Waals surface area (Å²) in [5.41, 5.74) is 0.896. The molecule has 3 rings (SSSR count). The van der Waals surface area contributed by atoms with Crippen LogP contribution in [0.1, 0.15) is 33.3 Å². The highest BCUT2D eigenvalue weighted by atomic mass is 32.2. The van der Waals surface area contributed by atoms with Gasteiger partial charge in [-0.15, -0.1) is 11.8 Å². The molecule has 2 fully saturated rings. The van der Waals surface area contributed by atoms with E-state index in [0.717, 1.165) is 18.7 Å². The van der Waals surface area contributed by atoms with Crippen LogP contribution in [0.2, 0.25) is 0 Å². The van der Waals surface area contributed by atoms with Gasteiger partial charge in [0, 0.05) is 11.3 Å². The monoisotopic (exact) mass is 451 g/mol. The summed E-state index contributed by atoms with van der Waals surface area (Å²) in [5, 5.41) is 2.60. The molecule has 3 atom stereocenters. The van der Waals surface area contributed by atoms with Crippen LogP contribution in [0, 0.1) is 0 Å². The first kappa shape index (κ1) is 25.2. The number of esters is 1. The molecule has 0 aliphatic carbocycles. The van der Waals surface area contributed by atoms with Crippen molar-refractivity contribution in [3.05, 3.63) is 35.9 Å². The molecule has 0 saturated carbocycles. The minimum absolute atomic E-state index is 0. The van der Waals surface area contributed by atoms with E-state index in [-0.39, 0.29) is 35.1 Å². The Morgan fingerprint density at radius 1 is 1.19 bits per heavy atom. The molecule has 9 heteroatoms. The summed E-state index contributed by atoms with van der Waals surface area (Å²) in [4.78, 5) is 41.7. The molecule has 1 aromatic rings. The number of rotatable bonds is 9. The van der Waals surface area contributed by atoms with E-state index in [9.17, 15) is 14.4 Å². The topological polar surface area (TPSA) is 110 Å². The second-order valence-electron chi connectivity index (χ2n) is 8.16. The zero-order valence-corrected chi connectivity index (χ0v) is 19.4. The molecule has 2 amide bonds. The molecule has 2 saturated heterocycles. The van der Waals surface area contributed by atoms with Crippen molar-refractivity contribution in [2.24, 2.45) is 0 Å². The number of nitrogens with one attached hydrogen (secondary N) is 1. The number of β-lactam (4-membered cyclic amide) rings is 1. The van der Waals surface area contributed by atoms with E-state index < -0.39 is 16.8 Å². The van der Waals surface area contributed by atoms with Crippen LogP contribution in [0.25, 0.3) is 0 Å². The number of benzene rings is 1. The zero-order chi connectivity index (χ0) is 21.9. The largest absolute Gasteiger partial charge is 0.463 e. The maximum atomic E-state index is 12.8. The molecule has 0 aromatic heterocycles. The van der Waals surface area contributed by atoms with Crippen LogP contribution >= 0.6 is 11.8 Å². The van der Waals surface area contributed by atoms with Crippen LogP contribution < -0.4 is 5.32 Å². The SMILES string of the molecule is CCN(CC)CCOC(=O)[C@@H]1N2C(=O)[C@@H](NC(=O)Cc3ccccc3)[C@H]2SC1(C)C.O. The summed E-state index contributed by atoms with van der Waals surface area (Å²) >= 11 is 1.54. The Hall–Kier alpha value is -2.10. The predicted molar refractivity (Wildman–Crippen MR) is 121 cm³/mol. The van der Waals surface area contributed by atoms with Crippen molar-refractivity contribution in [3.8, 4) is 0 Å². The molecule has 0 spiro atoms. The molecule has 3 N–H and O–H groups in total. The summed E-state index contributed by atoms with van der Waals surface area (Å²) in [6.07, 6.45) is 0.224. The molecule has 2 aliphatic rings. The number of carbonyl (C=O) groups excluding carboxylic acids is 3. The van der Waals surface area contributed by atoms with Gasteiger partial charge in [0.05, 0.1) is 6.42 Å². The summed E-state index contributed by atoms with van der Waals surface area (Å²) < 4.78 is 5.04. The molecule has 0 unspecified atom stereocenters. The van der Waals surface area contributed by atoms with Gasteiger partial charge in [-0.05, 0) is 32.5 Å². The lowest BCUT2D eigenvalue weighted by molar-refractivity contribution is -0.164. The van der Waals surface area contributed by atoms with E-state index in [0.29, 0.717) is 13.2 Å². The van der Waals surface area contributed by atoms with Gasteiger partial charge in [0.15, 0.2) is 0 Å². The minimum atomic E-state index is -0.640. The fraction of sp³-hybridized carbons (Fsp3) is 0.591. The average molecular weight is 452 g/mol. The first-order valence-electron chi connectivity index (χ1n) is 10.5. The van der Waals surface area contributed by atoms with Crippen LogP contribution in [0.3, 0.4) is 0 Å². The van der Waals surface area contributed by atoms with Crippen molar-refractivity contribution in [2.75, 3.05) is 26.2 Å². The fourth-order valence-corrected chi connectivity index (χ4v) is 5.65. The first-order valence-corrected chi connectivity index (χ1v) is 11.4. The van der Waals surface area contributed by atoms with Crippen LogP contribution in [-0.4, -0.2) is 81.5 Å². The number of thioether (sulfide) groups is 1. The Bertz CT molecular complexity index is 785. The second-order valence-corrected chi connectivity index (χ2v) is 9.93.